The molecule has 5 nitrogen and oxygen atoms in total. The van der Waals surface area contributed by atoms with Gasteiger partial charge in [-0.25, -0.2) is 4.98 Å². The van der Waals surface area contributed by atoms with Crippen LogP contribution in [-0.4, -0.2) is 19.9 Å². The van der Waals surface area contributed by atoms with Crippen LogP contribution in [0.5, 0.6) is 0 Å². The van der Waals surface area contributed by atoms with E-state index in [1.165, 1.54) is 0 Å². The summed E-state index contributed by atoms with van der Waals surface area (Å²) in [5, 5.41) is 0. The van der Waals surface area contributed by atoms with E-state index in [0.29, 0.717) is 12.2 Å². The van der Waals surface area contributed by atoms with E-state index >= 15 is 0 Å². The van der Waals surface area contributed by atoms with Crippen molar-refractivity contribution in [2.45, 2.75) is 19.8 Å². The molecule has 0 aliphatic heterocycles. The zero-order chi connectivity index (χ0) is 11.4. The standard InChI is InChI=1S/C11H13N5/c1-2-9-14-10(16-11(12)15-9)6-8-4-3-5-13-7-8/h3-5,7H,2,6H2,1H3,(H2,12,14,15,16). The molecule has 2 aromatic heterocycles. The normalized spacial score (nSPS) is 10.3. The van der Waals surface area contributed by atoms with Crippen LogP contribution in [0.2, 0.25) is 0 Å². The first kappa shape index (κ1) is 10.5. The second kappa shape index (κ2) is 4.65. The third-order valence-electron chi connectivity index (χ3n) is 2.15. The maximum absolute atomic E-state index is 5.61. The van der Waals surface area contributed by atoms with Crippen LogP contribution in [-0.2, 0) is 12.8 Å². The highest BCUT2D eigenvalue weighted by atomic mass is 15.1. The maximum Gasteiger partial charge on any atom is 0.223 e. The first-order valence-electron chi connectivity index (χ1n) is 5.16. The summed E-state index contributed by atoms with van der Waals surface area (Å²) in [5.41, 5.74) is 6.68. The van der Waals surface area contributed by atoms with Crippen LogP contribution in [0.25, 0.3) is 0 Å². The number of hydrogen-bond acceptors (Lipinski definition) is 5. The number of aryl methyl sites for hydroxylation is 1. The van der Waals surface area contributed by atoms with Gasteiger partial charge < -0.3 is 5.73 Å². The predicted octanol–water partition coefficient (Wildman–Crippen LogP) is 1.00. The third-order valence-corrected chi connectivity index (χ3v) is 2.15. The lowest BCUT2D eigenvalue weighted by Crippen LogP contribution is -2.07. The minimum absolute atomic E-state index is 0.283. The van der Waals surface area contributed by atoms with Gasteiger partial charge in [0.1, 0.15) is 11.6 Å². The predicted molar refractivity (Wildman–Crippen MR) is 60.7 cm³/mol. The van der Waals surface area contributed by atoms with Gasteiger partial charge >= 0.3 is 0 Å². The largest absolute Gasteiger partial charge is 0.368 e. The molecule has 0 fully saturated rings. The van der Waals surface area contributed by atoms with Gasteiger partial charge in [-0.05, 0) is 11.6 Å². The quantitative estimate of drug-likeness (QED) is 0.826. The lowest BCUT2D eigenvalue weighted by Gasteiger charge is -2.03. The molecule has 2 N–H and O–H groups in total. The lowest BCUT2D eigenvalue weighted by atomic mass is 10.2. The number of nitrogens with zero attached hydrogens (tertiary/aromatic N) is 4. The first-order chi connectivity index (χ1) is 7.78. The molecule has 0 saturated heterocycles. The minimum atomic E-state index is 0.283. The topological polar surface area (TPSA) is 77.6 Å². The Hall–Kier alpha value is -2.04. The molecule has 0 aliphatic rings. The fourth-order valence-corrected chi connectivity index (χ4v) is 1.41. The van der Waals surface area contributed by atoms with Crippen molar-refractivity contribution in [3.63, 3.8) is 0 Å². The molecule has 0 saturated carbocycles. The Kier molecular flexibility index (Phi) is 3.05. The van der Waals surface area contributed by atoms with E-state index in [9.17, 15) is 0 Å². The summed E-state index contributed by atoms with van der Waals surface area (Å²) in [5.74, 6) is 1.70. The summed E-state index contributed by atoms with van der Waals surface area (Å²) in [7, 11) is 0. The van der Waals surface area contributed by atoms with Crippen molar-refractivity contribution >= 4 is 5.95 Å². The van der Waals surface area contributed by atoms with Crippen LogP contribution in [0.3, 0.4) is 0 Å². The van der Waals surface area contributed by atoms with Gasteiger partial charge in [0.15, 0.2) is 0 Å². The molecule has 82 valence electrons. The van der Waals surface area contributed by atoms with Crippen molar-refractivity contribution in [1.29, 1.82) is 0 Å². The summed E-state index contributed by atoms with van der Waals surface area (Å²) in [4.78, 5) is 16.5. The lowest BCUT2D eigenvalue weighted by molar-refractivity contribution is 0.844. The smallest absolute Gasteiger partial charge is 0.223 e. The molecule has 5 heteroatoms. The fraction of sp³-hybridized carbons (Fsp3) is 0.273. The van der Waals surface area contributed by atoms with Crippen LogP contribution in [0, 0.1) is 0 Å². The molecule has 2 rings (SSSR count). The molecule has 16 heavy (non-hydrogen) atoms. The minimum Gasteiger partial charge on any atom is -0.368 e. The average molecular weight is 215 g/mol. The molecular formula is C11H13N5. The summed E-state index contributed by atoms with van der Waals surface area (Å²) >= 11 is 0. The summed E-state index contributed by atoms with van der Waals surface area (Å²) in [6.07, 6.45) is 4.93. The molecule has 0 aliphatic carbocycles. The monoisotopic (exact) mass is 215 g/mol. The molecule has 2 aromatic rings. The van der Waals surface area contributed by atoms with Gasteiger partial charge in [-0.2, -0.15) is 9.97 Å². The van der Waals surface area contributed by atoms with Gasteiger partial charge in [0.05, 0.1) is 0 Å². The molecule has 0 aromatic carbocycles. The number of hydrogen-bond donors (Lipinski definition) is 1. The Labute approximate surface area is 93.8 Å². The Bertz CT molecular complexity index is 469. The van der Waals surface area contributed by atoms with Gasteiger partial charge in [-0.1, -0.05) is 13.0 Å². The van der Waals surface area contributed by atoms with E-state index in [1.807, 2.05) is 19.1 Å². The van der Waals surface area contributed by atoms with Crippen molar-refractivity contribution in [3.05, 3.63) is 41.7 Å². The van der Waals surface area contributed by atoms with Gasteiger partial charge in [0.2, 0.25) is 5.95 Å². The SMILES string of the molecule is CCc1nc(N)nc(Cc2cccnc2)n1. The Balaban J connectivity index is 2.24. The number of anilines is 1. The van der Waals surface area contributed by atoms with Gasteiger partial charge in [0, 0.05) is 25.2 Å². The Morgan fingerprint density at radius 1 is 1.19 bits per heavy atom. The highest BCUT2D eigenvalue weighted by molar-refractivity contribution is 5.20. The van der Waals surface area contributed by atoms with Gasteiger partial charge in [-0.3, -0.25) is 4.98 Å². The van der Waals surface area contributed by atoms with E-state index in [1.54, 1.807) is 12.4 Å². The number of pyridine rings is 1. The van der Waals surface area contributed by atoms with Crippen molar-refractivity contribution < 1.29 is 0 Å². The summed E-state index contributed by atoms with van der Waals surface area (Å²) < 4.78 is 0. The van der Waals surface area contributed by atoms with Crippen LogP contribution in [0.4, 0.5) is 5.95 Å². The highest BCUT2D eigenvalue weighted by Crippen LogP contribution is 2.05. The molecule has 0 unspecified atom stereocenters. The van der Waals surface area contributed by atoms with E-state index in [4.69, 9.17) is 5.73 Å². The number of aromatic nitrogens is 4. The van der Waals surface area contributed by atoms with Crippen LogP contribution >= 0.6 is 0 Å². The highest BCUT2D eigenvalue weighted by Gasteiger charge is 2.04. The molecule has 0 amide bonds. The molecule has 0 bridgehead atoms. The number of rotatable bonds is 3. The fourth-order valence-electron chi connectivity index (χ4n) is 1.41. The van der Waals surface area contributed by atoms with E-state index < -0.39 is 0 Å². The van der Waals surface area contributed by atoms with Crippen molar-refractivity contribution in [1.82, 2.24) is 19.9 Å². The molecule has 2 heterocycles. The van der Waals surface area contributed by atoms with Crippen LogP contribution in [0.1, 0.15) is 24.1 Å². The van der Waals surface area contributed by atoms with E-state index in [0.717, 1.165) is 17.8 Å². The second-order valence-corrected chi connectivity index (χ2v) is 3.42. The van der Waals surface area contributed by atoms with Crippen molar-refractivity contribution in [2.75, 3.05) is 5.73 Å². The zero-order valence-corrected chi connectivity index (χ0v) is 9.09. The maximum atomic E-state index is 5.61. The van der Waals surface area contributed by atoms with Gasteiger partial charge in [0.25, 0.3) is 0 Å². The van der Waals surface area contributed by atoms with E-state index in [2.05, 4.69) is 19.9 Å². The van der Waals surface area contributed by atoms with Crippen molar-refractivity contribution in [3.8, 4) is 0 Å². The molecule has 0 spiro atoms. The van der Waals surface area contributed by atoms with Crippen molar-refractivity contribution in [2.24, 2.45) is 0 Å². The second-order valence-electron chi connectivity index (χ2n) is 3.42. The summed E-state index contributed by atoms with van der Waals surface area (Å²) in [6, 6.07) is 3.87. The number of nitrogen functional groups attached to an aromatic ring is 1. The van der Waals surface area contributed by atoms with Crippen LogP contribution in [0.15, 0.2) is 24.5 Å². The molecule has 0 atom stereocenters. The molecule has 0 radical (unpaired) electrons. The zero-order valence-electron chi connectivity index (χ0n) is 9.09. The summed E-state index contributed by atoms with van der Waals surface area (Å²) in [6.45, 7) is 1.99. The average Bonchev–Trinajstić information content (AvgIpc) is 2.29. The van der Waals surface area contributed by atoms with Gasteiger partial charge in [-0.15, -0.1) is 0 Å². The third kappa shape index (κ3) is 2.50. The Morgan fingerprint density at radius 3 is 2.69 bits per heavy atom. The first-order valence-corrected chi connectivity index (χ1v) is 5.16. The number of nitrogens with two attached hydrogens (primary N) is 1. The van der Waals surface area contributed by atoms with E-state index in [-0.39, 0.29) is 5.95 Å². The molecular weight excluding hydrogens is 202 g/mol. The van der Waals surface area contributed by atoms with Crippen LogP contribution < -0.4 is 5.73 Å². The Morgan fingerprint density at radius 2 is 2.00 bits per heavy atom.